The first-order valence-electron chi connectivity index (χ1n) is 14.9. The summed E-state index contributed by atoms with van der Waals surface area (Å²) in [7, 11) is -3.82. The molecule has 1 aromatic heterocycles. The van der Waals surface area contributed by atoms with Crippen molar-refractivity contribution < 1.29 is 27.8 Å². The van der Waals surface area contributed by atoms with Gasteiger partial charge in [-0.2, -0.15) is 0 Å². The molecule has 46 heavy (non-hydrogen) atoms. The maximum absolute atomic E-state index is 14.0. The van der Waals surface area contributed by atoms with Gasteiger partial charge in [0, 0.05) is 42.2 Å². The number of halogens is 2. The number of aliphatic hydroxyl groups is 1. The zero-order chi connectivity index (χ0) is 34.2. The Kier molecular flexibility index (Phi) is 10.8. The summed E-state index contributed by atoms with van der Waals surface area (Å²) in [6.45, 7) is 15.0. The van der Waals surface area contributed by atoms with Crippen molar-refractivity contribution in [3.05, 3.63) is 62.1 Å². The number of anilines is 1. The average Bonchev–Trinajstić information content (AvgIpc) is 2.94. The maximum Gasteiger partial charge on any atom is 0.410 e. The Labute approximate surface area is 282 Å². The zero-order valence-corrected chi connectivity index (χ0v) is 30.2. The van der Waals surface area contributed by atoms with E-state index in [2.05, 4.69) is 25.8 Å². The molecular formula is C31H41BrClN5O7S. The summed E-state index contributed by atoms with van der Waals surface area (Å²) in [6.07, 6.45) is -0.896. The van der Waals surface area contributed by atoms with E-state index in [1.807, 2.05) is 26.8 Å². The molecule has 2 heterocycles. The number of sulfone groups is 1. The van der Waals surface area contributed by atoms with E-state index in [-0.39, 0.29) is 32.8 Å². The first kappa shape index (κ1) is 36.1. The standard InChI is InChI=1S/C31H41BrClN5O7S/c1-8-46(42,43)26-10-9-21(33)16-25(26)38(29(41)45-31(5,6)7)37-19-34-24-15-20(23(32)17-22(24)27(37)39)18-35-11-13-36(14-12-35)28(40)44-30(2,3)4/h9-10,15-17,19,29,41H,8,11-14,18H2,1-7H3. The number of aromatic nitrogens is 2. The van der Waals surface area contributed by atoms with Crippen LogP contribution in [0.15, 0.2) is 50.8 Å². The summed E-state index contributed by atoms with van der Waals surface area (Å²) >= 11 is 9.91. The van der Waals surface area contributed by atoms with Gasteiger partial charge in [-0.1, -0.05) is 34.5 Å². The fourth-order valence-electron chi connectivity index (χ4n) is 4.90. The van der Waals surface area contributed by atoms with E-state index in [1.165, 1.54) is 31.5 Å². The number of benzene rings is 2. The Morgan fingerprint density at radius 2 is 1.74 bits per heavy atom. The fraction of sp³-hybridized carbons (Fsp3) is 0.516. The van der Waals surface area contributed by atoms with Crippen LogP contribution in [-0.2, 0) is 25.9 Å². The Morgan fingerprint density at radius 3 is 2.33 bits per heavy atom. The number of carbonyl (C=O) groups is 1. The molecule has 1 fully saturated rings. The molecule has 1 amide bonds. The quantitative estimate of drug-likeness (QED) is 0.314. The number of piperazine rings is 1. The van der Waals surface area contributed by atoms with Gasteiger partial charge < -0.3 is 19.5 Å². The summed E-state index contributed by atoms with van der Waals surface area (Å²) in [6, 6.07) is 7.59. The predicted octanol–water partition coefficient (Wildman–Crippen LogP) is 5.02. The Morgan fingerprint density at radius 1 is 1.09 bits per heavy atom. The Bertz CT molecular complexity index is 1760. The van der Waals surface area contributed by atoms with Crippen molar-refractivity contribution in [1.29, 1.82) is 0 Å². The van der Waals surface area contributed by atoms with E-state index in [0.717, 1.165) is 15.2 Å². The van der Waals surface area contributed by atoms with E-state index >= 15 is 0 Å². The number of aliphatic hydroxyl groups excluding tert-OH is 1. The largest absolute Gasteiger partial charge is 0.444 e. The molecule has 15 heteroatoms. The van der Waals surface area contributed by atoms with Gasteiger partial charge >= 0.3 is 6.09 Å². The van der Waals surface area contributed by atoms with E-state index < -0.39 is 33.0 Å². The van der Waals surface area contributed by atoms with E-state index in [4.69, 9.17) is 21.1 Å². The number of rotatable bonds is 8. The first-order chi connectivity index (χ1) is 21.3. The van der Waals surface area contributed by atoms with E-state index in [0.29, 0.717) is 42.7 Å². The number of hydrogen-bond acceptors (Lipinski definition) is 10. The van der Waals surface area contributed by atoms with Gasteiger partial charge in [0.05, 0.1) is 32.8 Å². The van der Waals surface area contributed by atoms with Crippen molar-refractivity contribution in [3.8, 4) is 0 Å². The highest BCUT2D eigenvalue weighted by Crippen LogP contribution is 2.32. The second kappa shape index (κ2) is 13.8. The summed E-state index contributed by atoms with van der Waals surface area (Å²) in [5.74, 6) is -0.220. The highest BCUT2D eigenvalue weighted by molar-refractivity contribution is 9.10. The lowest BCUT2D eigenvalue weighted by molar-refractivity contribution is -0.169. The van der Waals surface area contributed by atoms with Gasteiger partial charge in [0.25, 0.3) is 12.0 Å². The highest BCUT2D eigenvalue weighted by atomic mass is 79.9. The maximum atomic E-state index is 14.0. The summed E-state index contributed by atoms with van der Waals surface area (Å²) in [4.78, 5) is 34.8. The monoisotopic (exact) mass is 741 g/mol. The van der Waals surface area contributed by atoms with E-state index in [9.17, 15) is 23.1 Å². The summed E-state index contributed by atoms with van der Waals surface area (Å²) < 4.78 is 39.2. The second-order valence-corrected chi connectivity index (χ2v) is 16.6. The SMILES string of the molecule is CCS(=O)(=O)c1ccc(Cl)cc1N(C(O)OC(C)(C)C)n1cnc2cc(CN3CCN(C(=O)OC(C)(C)C)CC3)c(Br)cc2c1=O. The van der Waals surface area contributed by atoms with Crippen molar-refractivity contribution in [2.45, 2.75) is 77.5 Å². The van der Waals surface area contributed by atoms with E-state index in [1.54, 1.807) is 31.7 Å². The number of ether oxygens (including phenoxy) is 2. The molecule has 1 aliphatic heterocycles. The molecule has 2 aromatic carbocycles. The van der Waals surface area contributed by atoms with Gasteiger partial charge in [-0.3, -0.25) is 9.69 Å². The topological polar surface area (TPSA) is 135 Å². The summed E-state index contributed by atoms with van der Waals surface area (Å²) in [5.41, 5.74) is -0.749. The zero-order valence-electron chi connectivity index (χ0n) is 27.1. The minimum atomic E-state index is -3.82. The van der Waals surface area contributed by atoms with Crippen LogP contribution in [0, 0.1) is 0 Å². The number of hydrogen-bond donors (Lipinski definition) is 1. The minimum Gasteiger partial charge on any atom is -0.444 e. The molecule has 12 nitrogen and oxygen atoms in total. The normalized spacial score (nSPS) is 15.7. The molecule has 0 aliphatic carbocycles. The van der Waals surface area contributed by atoms with Crippen molar-refractivity contribution in [1.82, 2.24) is 19.5 Å². The van der Waals surface area contributed by atoms with Gasteiger partial charge in [-0.15, -0.1) is 0 Å². The van der Waals surface area contributed by atoms with Crippen LogP contribution < -0.4 is 10.6 Å². The lowest BCUT2D eigenvalue weighted by Gasteiger charge is -2.36. The number of amides is 1. The van der Waals surface area contributed by atoms with Gasteiger partial charge in [0.1, 0.15) is 11.9 Å². The van der Waals surface area contributed by atoms with Gasteiger partial charge in [0.2, 0.25) is 0 Å². The van der Waals surface area contributed by atoms with Crippen molar-refractivity contribution in [2.24, 2.45) is 0 Å². The predicted molar refractivity (Wildman–Crippen MR) is 181 cm³/mol. The van der Waals surface area contributed by atoms with Crippen molar-refractivity contribution in [2.75, 3.05) is 36.9 Å². The molecule has 1 saturated heterocycles. The molecule has 1 unspecified atom stereocenters. The molecular weight excluding hydrogens is 702 g/mol. The molecule has 0 radical (unpaired) electrons. The van der Waals surface area contributed by atoms with Crippen LogP contribution in [-0.4, -0.2) is 88.6 Å². The molecule has 1 atom stereocenters. The van der Waals surface area contributed by atoms with Gasteiger partial charge in [0.15, 0.2) is 9.84 Å². The van der Waals surface area contributed by atoms with Crippen LogP contribution in [0.4, 0.5) is 10.5 Å². The fourth-order valence-corrected chi connectivity index (χ4v) is 6.59. The molecule has 4 rings (SSSR count). The van der Waals surface area contributed by atoms with Crippen LogP contribution in [0.5, 0.6) is 0 Å². The molecule has 0 saturated carbocycles. The Balaban J connectivity index is 1.70. The first-order valence-corrected chi connectivity index (χ1v) is 17.7. The lowest BCUT2D eigenvalue weighted by atomic mass is 10.1. The van der Waals surface area contributed by atoms with Crippen molar-refractivity contribution >= 4 is 60.1 Å². The molecule has 1 aliphatic rings. The molecule has 1 N–H and O–H groups in total. The third kappa shape index (κ3) is 8.58. The lowest BCUT2D eigenvalue weighted by Crippen LogP contribution is -2.49. The molecule has 3 aromatic rings. The smallest absolute Gasteiger partial charge is 0.410 e. The summed E-state index contributed by atoms with van der Waals surface area (Å²) in [5, 5.41) is 12.8. The molecule has 0 spiro atoms. The molecule has 252 valence electrons. The van der Waals surface area contributed by atoms with Crippen LogP contribution in [0.25, 0.3) is 10.9 Å². The number of nitrogens with zero attached hydrogens (tertiary/aromatic N) is 5. The highest BCUT2D eigenvalue weighted by Gasteiger charge is 2.31. The van der Waals surface area contributed by atoms with Crippen molar-refractivity contribution in [3.63, 3.8) is 0 Å². The third-order valence-corrected chi connectivity index (χ3v) is 9.86. The van der Waals surface area contributed by atoms with Crippen LogP contribution in [0.2, 0.25) is 5.02 Å². The second-order valence-electron chi connectivity index (χ2n) is 13.0. The number of fused-ring (bicyclic) bond motifs is 1. The molecule has 0 bridgehead atoms. The van der Waals surface area contributed by atoms with Crippen LogP contribution in [0.3, 0.4) is 0 Å². The average molecular weight is 743 g/mol. The van der Waals surface area contributed by atoms with Gasteiger partial charge in [-0.05, 0) is 77.4 Å². The van der Waals surface area contributed by atoms with Crippen LogP contribution >= 0.6 is 27.5 Å². The van der Waals surface area contributed by atoms with Crippen LogP contribution in [0.1, 0.15) is 54.0 Å². The third-order valence-electron chi connectivity index (χ3n) is 7.11. The number of carbonyl (C=O) groups excluding carboxylic acids is 1. The minimum absolute atomic E-state index is 0.0458. The van der Waals surface area contributed by atoms with Gasteiger partial charge in [-0.25, -0.2) is 27.9 Å². The Hall–Kier alpha value is -2.75.